The molecule has 0 aromatic heterocycles. The second kappa shape index (κ2) is 8.06. The molecule has 0 fully saturated rings. The molecule has 1 unspecified atom stereocenters. The van der Waals surface area contributed by atoms with Crippen molar-refractivity contribution in [2.75, 3.05) is 0 Å². The predicted octanol–water partition coefficient (Wildman–Crippen LogP) is 3.48. The summed E-state index contributed by atoms with van der Waals surface area (Å²) in [4.78, 5) is 23.2. The van der Waals surface area contributed by atoms with E-state index in [1.54, 1.807) is 24.3 Å². The number of halogens is 1. The van der Waals surface area contributed by atoms with Gasteiger partial charge in [-0.2, -0.15) is 0 Å². The number of aryl methyl sites for hydroxylation is 1. The molecule has 1 amide bonds. The van der Waals surface area contributed by atoms with E-state index < -0.39 is 17.9 Å². The van der Waals surface area contributed by atoms with Crippen LogP contribution in [0.2, 0.25) is 0 Å². The molecule has 5 heteroatoms. The lowest BCUT2D eigenvalue weighted by Crippen LogP contribution is -2.29. The van der Waals surface area contributed by atoms with Crippen LogP contribution in [0.4, 0.5) is 4.39 Å². The number of rotatable bonds is 6. The molecule has 0 saturated heterocycles. The SMILES string of the molecule is Cc1ccccc1C(CC(=O)O)NC(=O)/C=C/c1cccc(F)c1. The Labute approximate surface area is 139 Å². The molecule has 0 radical (unpaired) electrons. The van der Waals surface area contributed by atoms with Crippen LogP contribution in [0.3, 0.4) is 0 Å². The Hall–Kier alpha value is -2.95. The number of carbonyl (C=O) groups excluding carboxylic acids is 1. The van der Waals surface area contributed by atoms with Gasteiger partial charge in [0.2, 0.25) is 5.91 Å². The van der Waals surface area contributed by atoms with Gasteiger partial charge < -0.3 is 10.4 Å². The first-order chi connectivity index (χ1) is 11.5. The summed E-state index contributed by atoms with van der Waals surface area (Å²) in [6, 6.07) is 12.5. The van der Waals surface area contributed by atoms with Crippen LogP contribution < -0.4 is 5.32 Å². The van der Waals surface area contributed by atoms with Crippen LogP contribution in [0, 0.1) is 12.7 Å². The normalized spacial score (nSPS) is 12.1. The van der Waals surface area contributed by atoms with Gasteiger partial charge in [-0.05, 0) is 41.8 Å². The van der Waals surface area contributed by atoms with Gasteiger partial charge in [0.1, 0.15) is 5.82 Å². The van der Waals surface area contributed by atoms with E-state index in [1.807, 2.05) is 19.1 Å². The van der Waals surface area contributed by atoms with Gasteiger partial charge in [0.05, 0.1) is 12.5 Å². The highest BCUT2D eigenvalue weighted by Crippen LogP contribution is 2.20. The zero-order valence-electron chi connectivity index (χ0n) is 13.2. The molecule has 0 saturated carbocycles. The van der Waals surface area contributed by atoms with Crippen molar-refractivity contribution >= 4 is 18.0 Å². The van der Waals surface area contributed by atoms with Crippen molar-refractivity contribution in [3.8, 4) is 0 Å². The largest absolute Gasteiger partial charge is 0.481 e. The van der Waals surface area contributed by atoms with Crippen LogP contribution in [0.25, 0.3) is 6.08 Å². The third-order valence-corrected chi connectivity index (χ3v) is 3.53. The van der Waals surface area contributed by atoms with Crippen LogP contribution >= 0.6 is 0 Å². The highest BCUT2D eigenvalue weighted by atomic mass is 19.1. The highest BCUT2D eigenvalue weighted by molar-refractivity contribution is 5.92. The molecular formula is C19H18FNO3. The predicted molar refractivity (Wildman–Crippen MR) is 89.7 cm³/mol. The fourth-order valence-corrected chi connectivity index (χ4v) is 2.39. The topological polar surface area (TPSA) is 66.4 Å². The van der Waals surface area contributed by atoms with E-state index in [4.69, 9.17) is 5.11 Å². The molecule has 0 aliphatic carbocycles. The smallest absolute Gasteiger partial charge is 0.305 e. The van der Waals surface area contributed by atoms with Gasteiger partial charge in [-0.15, -0.1) is 0 Å². The van der Waals surface area contributed by atoms with Crippen molar-refractivity contribution in [2.24, 2.45) is 0 Å². The van der Waals surface area contributed by atoms with Crippen molar-refractivity contribution < 1.29 is 19.1 Å². The lowest BCUT2D eigenvalue weighted by atomic mass is 9.98. The van der Waals surface area contributed by atoms with Crippen LogP contribution in [0.5, 0.6) is 0 Å². The highest BCUT2D eigenvalue weighted by Gasteiger charge is 2.18. The molecule has 124 valence electrons. The molecule has 2 N–H and O–H groups in total. The van der Waals surface area contributed by atoms with E-state index in [2.05, 4.69) is 5.32 Å². The van der Waals surface area contributed by atoms with E-state index >= 15 is 0 Å². The molecule has 24 heavy (non-hydrogen) atoms. The number of benzene rings is 2. The fraction of sp³-hybridized carbons (Fsp3) is 0.158. The number of aliphatic carboxylic acids is 1. The number of carboxylic acid groups (broad SMARTS) is 1. The van der Waals surface area contributed by atoms with E-state index in [1.165, 1.54) is 24.3 Å². The number of hydrogen-bond acceptors (Lipinski definition) is 2. The van der Waals surface area contributed by atoms with Gasteiger partial charge in [0.15, 0.2) is 0 Å². The number of amides is 1. The van der Waals surface area contributed by atoms with Crippen molar-refractivity contribution in [1.82, 2.24) is 5.32 Å². The first-order valence-electron chi connectivity index (χ1n) is 7.47. The minimum Gasteiger partial charge on any atom is -0.481 e. The van der Waals surface area contributed by atoms with Gasteiger partial charge >= 0.3 is 5.97 Å². The molecule has 2 aromatic carbocycles. The Balaban J connectivity index is 2.13. The standard InChI is InChI=1S/C19H18FNO3/c1-13-5-2-3-8-16(13)17(12-19(23)24)21-18(22)10-9-14-6-4-7-15(20)11-14/h2-11,17H,12H2,1H3,(H,21,22)(H,23,24)/b10-9+. The summed E-state index contributed by atoms with van der Waals surface area (Å²) in [5, 5.41) is 11.8. The maximum atomic E-state index is 13.1. The molecule has 2 rings (SSSR count). The maximum absolute atomic E-state index is 13.1. The summed E-state index contributed by atoms with van der Waals surface area (Å²) in [6.45, 7) is 1.86. The molecule has 0 spiro atoms. The van der Waals surface area contributed by atoms with E-state index in [0.29, 0.717) is 5.56 Å². The quantitative estimate of drug-likeness (QED) is 0.798. The summed E-state index contributed by atoms with van der Waals surface area (Å²) in [7, 11) is 0. The van der Waals surface area contributed by atoms with Crippen molar-refractivity contribution in [1.29, 1.82) is 0 Å². The average Bonchev–Trinajstić information content (AvgIpc) is 2.52. The van der Waals surface area contributed by atoms with E-state index in [0.717, 1.165) is 11.1 Å². The summed E-state index contributed by atoms with van der Waals surface area (Å²) in [6.07, 6.45) is 2.53. The van der Waals surface area contributed by atoms with Gasteiger partial charge in [-0.3, -0.25) is 9.59 Å². The monoisotopic (exact) mass is 327 g/mol. The maximum Gasteiger partial charge on any atom is 0.305 e. The number of carboxylic acids is 1. The number of carbonyl (C=O) groups is 2. The number of hydrogen-bond donors (Lipinski definition) is 2. The van der Waals surface area contributed by atoms with Gasteiger partial charge in [-0.1, -0.05) is 36.4 Å². The molecular weight excluding hydrogens is 309 g/mol. The minimum absolute atomic E-state index is 0.218. The van der Waals surface area contributed by atoms with E-state index in [-0.39, 0.29) is 12.2 Å². The van der Waals surface area contributed by atoms with Crippen molar-refractivity contribution in [3.05, 3.63) is 77.1 Å². The minimum atomic E-state index is -1.00. The average molecular weight is 327 g/mol. The molecule has 2 aromatic rings. The van der Waals surface area contributed by atoms with Crippen molar-refractivity contribution in [3.63, 3.8) is 0 Å². The van der Waals surface area contributed by atoms with Crippen LogP contribution in [-0.4, -0.2) is 17.0 Å². The first-order valence-corrected chi connectivity index (χ1v) is 7.47. The Kier molecular flexibility index (Phi) is 5.84. The zero-order chi connectivity index (χ0) is 17.5. The Morgan fingerprint density at radius 3 is 2.62 bits per heavy atom. The van der Waals surface area contributed by atoms with Crippen LogP contribution in [0.1, 0.15) is 29.2 Å². The second-order valence-electron chi connectivity index (χ2n) is 5.40. The number of nitrogens with one attached hydrogen (secondary N) is 1. The first kappa shape index (κ1) is 17.4. The lowest BCUT2D eigenvalue weighted by molar-refractivity contribution is -0.137. The van der Waals surface area contributed by atoms with Crippen LogP contribution in [0.15, 0.2) is 54.6 Å². The third-order valence-electron chi connectivity index (χ3n) is 3.53. The molecule has 0 bridgehead atoms. The molecule has 0 aliphatic heterocycles. The Bertz CT molecular complexity index is 771. The Morgan fingerprint density at radius 1 is 1.21 bits per heavy atom. The van der Waals surface area contributed by atoms with Gasteiger partial charge in [0.25, 0.3) is 0 Å². The molecule has 1 atom stereocenters. The summed E-state index contributed by atoms with van der Waals surface area (Å²) in [5.41, 5.74) is 2.21. The zero-order valence-corrected chi connectivity index (χ0v) is 13.2. The molecule has 4 nitrogen and oxygen atoms in total. The lowest BCUT2D eigenvalue weighted by Gasteiger charge is -2.18. The summed E-state index contributed by atoms with van der Waals surface area (Å²) in [5.74, 6) is -1.83. The Morgan fingerprint density at radius 2 is 1.96 bits per heavy atom. The van der Waals surface area contributed by atoms with Crippen molar-refractivity contribution in [2.45, 2.75) is 19.4 Å². The summed E-state index contributed by atoms with van der Waals surface area (Å²) >= 11 is 0. The third kappa shape index (κ3) is 5.05. The van der Waals surface area contributed by atoms with Crippen LogP contribution in [-0.2, 0) is 9.59 Å². The molecule has 0 aliphatic rings. The summed E-state index contributed by atoms with van der Waals surface area (Å²) < 4.78 is 13.1. The second-order valence-corrected chi connectivity index (χ2v) is 5.40. The van der Waals surface area contributed by atoms with E-state index in [9.17, 15) is 14.0 Å². The molecule has 0 heterocycles. The van der Waals surface area contributed by atoms with Gasteiger partial charge in [0, 0.05) is 6.08 Å². The van der Waals surface area contributed by atoms with Gasteiger partial charge in [-0.25, -0.2) is 4.39 Å². The fourth-order valence-electron chi connectivity index (χ4n) is 2.39.